The number of carbonyl (C=O) groups is 1. The highest BCUT2D eigenvalue weighted by molar-refractivity contribution is 7.15. The van der Waals surface area contributed by atoms with Crippen LogP contribution in [0.3, 0.4) is 0 Å². The fourth-order valence-corrected chi connectivity index (χ4v) is 3.97. The summed E-state index contributed by atoms with van der Waals surface area (Å²) in [5.41, 5.74) is 0.896. The number of nitrogens with zero attached hydrogens (tertiary/aromatic N) is 1. The highest BCUT2D eigenvalue weighted by Crippen LogP contribution is 2.22. The Morgan fingerprint density at radius 1 is 1.21 bits per heavy atom. The number of benzene rings is 1. The van der Waals surface area contributed by atoms with Gasteiger partial charge in [0.25, 0.3) is 0 Å². The zero-order chi connectivity index (χ0) is 16.8. The molecule has 0 aliphatic rings. The molecular weight excluding hydrogens is 343 g/mol. The molecule has 0 bridgehead atoms. The lowest BCUT2D eigenvalue weighted by atomic mass is 10.1. The normalized spacial score (nSPS) is 10.7. The molecule has 2 aromatic heterocycles. The maximum absolute atomic E-state index is 13.2. The number of hydrogen-bond donors (Lipinski definition) is 1. The number of amides is 1. The Bertz CT molecular complexity index is 799. The van der Waals surface area contributed by atoms with Gasteiger partial charge in [-0.25, -0.2) is 9.37 Å². The summed E-state index contributed by atoms with van der Waals surface area (Å²) in [5.74, 6) is -0.255. The molecule has 0 unspecified atom stereocenters. The van der Waals surface area contributed by atoms with Crippen LogP contribution < -0.4 is 5.32 Å². The molecule has 3 aromatic rings. The van der Waals surface area contributed by atoms with Crippen molar-refractivity contribution < 1.29 is 9.18 Å². The summed E-state index contributed by atoms with van der Waals surface area (Å²) in [6.07, 6.45) is 4.58. The van der Waals surface area contributed by atoms with E-state index in [0.29, 0.717) is 18.0 Å². The van der Waals surface area contributed by atoms with E-state index in [1.54, 1.807) is 23.6 Å². The van der Waals surface area contributed by atoms with Crippen LogP contribution in [0.2, 0.25) is 0 Å². The highest BCUT2D eigenvalue weighted by Gasteiger charge is 2.08. The third kappa shape index (κ3) is 4.97. The third-order valence-corrected chi connectivity index (χ3v) is 5.32. The zero-order valence-corrected chi connectivity index (χ0v) is 14.6. The number of halogens is 1. The van der Waals surface area contributed by atoms with E-state index in [2.05, 4.69) is 16.4 Å². The molecular formula is C18H17FN2OS2. The highest BCUT2D eigenvalue weighted by atomic mass is 32.1. The number of carbonyl (C=O) groups excluding carboxylic acids is 1. The average Bonchev–Trinajstić information content (AvgIpc) is 3.20. The summed E-state index contributed by atoms with van der Waals surface area (Å²) in [4.78, 5) is 18.5. The average molecular weight is 360 g/mol. The van der Waals surface area contributed by atoms with E-state index < -0.39 is 0 Å². The van der Waals surface area contributed by atoms with Crippen molar-refractivity contribution in [3.63, 3.8) is 0 Å². The first-order valence-corrected chi connectivity index (χ1v) is 9.40. The summed E-state index contributed by atoms with van der Waals surface area (Å²) in [5, 5.41) is 5.48. The Morgan fingerprint density at radius 3 is 2.92 bits per heavy atom. The lowest BCUT2D eigenvalue weighted by molar-refractivity contribution is -0.116. The molecule has 0 fully saturated rings. The number of anilines is 1. The Labute approximate surface area is 148 Å². The van der Waals surface area contributed by atoms with Crippen molar-refractivity contribution in [1.82, 2.24) is 4.98 Å². The van der Waals surface area contributed by atoms with Gasteiger partial charge in [-0.05, 0) is 42.0 Å². The van der Waals surface area contributed by atoms with Crippen molar-refractivity contribution in [2.24, 2.45) is 0 Å². The van der Waals surface area contributed by atoms with Gasteiger partial charge in [0.05, 0.1) is 0 Å². The van der Waals surface area contributed by atoms with Gasteiger partial charge in [-0.15, -0.1) is 22.7 Å². The molecule has 0 atom stereocenters. The van der Waals surface area contributed by atoms with Gasteiger partial charge in [0.1, 0.15) is 5.82 Å². The largest absolute Gasteiger partial charge is 0.302 e. The maximum atomic E-state index is 13.2. The molecule has 3 nitrogen and oxygen atoms in total. The Morgan fingerprint density at radius 2 is 2.12 bits per heavy atom. The van der Waals surface area contributed by atoms with Gasteiger partial charge in [0.2, 0.25) is 5.91 Å². The van der Waals surface area contributed by atoms with Crippen molar-refractivity contribution >= 4 is 33.7 Å². The predicted octanol–water partition coefficient (Wildman–Crippen LogP) is 4.90. The van der Waals surface area contributed by atoms with Gasteiger partial charge in [-0.1, -0.05) is 18.2 Å². The number of aromatic nitrogens is 1. The molecule has 0 spiro atoms. The first kappa shape index (κ1) is 16.8. The molecule has 0 aliphatic heterocycles. The van der Waals surface area contributed by atoms with Crippen LogP contribution in [0.4, 0.5) is 9.52 Å². The third-order valence-electron chi connectivity index (χ3n) is 3.47. The summed E-state index contributed by atoms with van der Waals surface area (Å²) < 4.78 is 13.2. The van der Waals surface area contributed by atoms with E-state index in [9.17, 15) is 9.18 Å². The quantitative estimate of drug-likeness (QED) is 0.651. The minimum absolute atomic E-state index is 0.0155. The van der Waals surface area contributed by atoms with Gasteiger partial charge in [0.15, 0.2) is 5.13 Å². The molecule has 1 amide bonds. The molecule has 24 heavy (non-hydrogen) atoms. The van der Waals surface area contributed by atoms with Gasteiger partial charge in [-0.3, -0.25) is 4.79 Å². The molecule has 6 heteroatoms. The number of hydrogen-bond acceptors (Lipinski definition) is 4. The summed E-state index contributed by atoms with van der Waals surface area (Å²) in [6.45, 7) is 0. The molecule has 1 N–H and O–H groups in total. The summed E-state index contributed by atoms with van der Waals surface area (Å²) >= 11 is 3.14. The maximum Gasteiger partial charge on any atom is 0.226 e. The lowest BCUT2D eigenvalue weighted by Crippen LogP contribution is -2.11. The van der Waals surface area contributed by atoms with Crippen LogP contribution in [0.1, 0.15) is 28.2 Å². The molecule has 124 valence electrons. The van der Waals surface area contributed by atoms with Crippen LogP contribution in [0.15, 0.2) is 48.0 Å². The van der Waals surface area contributed by atoms with Crippen LogP contribution in [-0.4, -0.2) is 10.9 Å². The SMILES string of the molecule is O=C(CCCc1cccs1)Nc1ncc(Cc2cccc(F)c2)s1. The van der Waals surface area contributed by atoms with E-state index in [-0.39, 0.29) is 11.7 Å². The number of nitrogens with one attached hydrogen (secondary N) is 1. The number of thiazole rings is 1. The summed E-state index contributed by atoms with van der Waals surface area (Å²) in [7, 11) is 0. The molecule has 1 aromatic carbocycles. The molecule has 2 heterocycles. The van der Waals surface area contributed by atoms with Crippen LogP contribution in [0.25, 0.3) is 0 Å². The van der Waals surface area contributed by atoms with Crippen molar-refractivity contribution in [3.05, 3.63) is 69.1 Å². The fraction of sp³-hybridized carbons (Fsp3) is 0.222. The van der Waals surface area contributed by atoms with Crippen LogP contribution in [0.5, 0.6) is 0 Å². The zero-order valence-electron chi connectivity index (χ0n) is 13.0. The predicted molar refractivity (Wildman–Crippen MR) is 97.2 cm³/mol. The van der Waals surface area contributed by atoms with Gasteiger partial charge >= 0.3 is 0 Å². The van der Waals surface area contributed by atoms with E-state index in [4.69, 9.17) is 0 Å². The molecule has 0 aliphatic carbocycles. The van der Waals surface area contributed by atoms with Crippen LogP contribution in [0, 0.1) is 5.82 Å². The first-order valence-electron chi connectivity index (χ1n) is 7.70. The topological polar surface area (TPSA) is 42.0 Å². The van der Waals surface area contributed by atoms with Crippen molar-refractivity contribution in [2.75, 3.05) is 5.32 Å². The Hall–Kier alpha value is -2.05. The van der Waals surface area contributed by atoms with Crippen molar-refractivity contribution in [2.45, 2.75) is 25.7 Å². The number of thiophene rings is 1. The number of rotatable bonds is 7. The fourth-order valence-electron chi connectivity index (χ4n) is 2.35. The van der Waals surface area contributed by atoms with Crippen LogP contribution in [-0.2, 0) is 17.6 Å². The Kier molecular flexibility index (Phi) is 5.72. The smallest absolute Gasteiger partial charge is 0.226 e. The van der Waals surface area contributed by atoms with E-state index in [1.807, 2.05) is 17.5 Å². The van der Waals surface area contributed by atoms with E-state index >= 15 is 0 Å². The second-order valence-corrected chi connectivity index (χ2v) is 7.57. The minimum Gasteiger partial charge on any atom is -0.302 e. The number of aryl methyl sites for hydroxylation is 1. The van der Waals surface area contributed by atoms with Crippen LogP contribution >= 0.6 is 22.7 Å². The van der Waals surface area contributed by atoms with Crippen molar-refractivity contribution in [1.29, 1.82) is 0 Å². The van der Waals surface area contributed by atoms with E-state index in [0.717, 1.165) is 23.3 Å². The minimum atomic E-state index is -0.240. The van der Waals surface area contributed by atoms with Gasteiger partial charge in [0, 0.05) is 28.8 Å². The standard InChI is InChI=1S/C18H17FN2OS2/c19-14-5-1-4-13(10-14)11-16-12-20-18(24-16)21-17(22)8-2-6-15-7-3-9-23-15/h1,3-5,7,9-10,12H,2,6,8,11H2,(H,20,21,22). The van der Waals surface area contributed by atoms with E-state index in [1.165, 1.54) is 28.3 Å². The summed E-state index contributed by atoms with van der Waals surface area (Å²) in [6, 6.07) is 10.6. The monoisotopic (exact) mass is 360 g/mol. The Balaban J connectivity index is 1.47. The van der Waals surface area contributed by atoms with Crippen molar-refractivity contribution in [3.8, 4) is 0 Å². The molecule has 3 rings (SSSR count). The lowest BCUT2D eigenvalue weighted by Gasteiger charge is -2.01. The van der Waals surface area contributed by atoms with Gasteiger partial charge in [-0.2, -0.15) is 0 Å². The molecule has 0 radical (unpaired) electrons. The van der Waals surface area contributed by atoms with Gasteiger partial charge < -0.3 is 5.32 Å². The second-order valence-electron chi connectivity index (χ2n) is 5.42. The molecule has 0 saturated heterocycles. The molecule has 0 saturated carbocycles. The second kappa shape index (κ2) is 8.17. The first-order chi connectivity index (χ1) is 11.7.